The molecule has 1 amide bonds. The number of thiophene rings is 1. The van der Waals surface area contributed by atoms with Crippen LogP contribution in [-0.4, -0.2) is 41.0 Å². The molecule has 0 fully saturated rings. The number of fused-ring (bicyclic) bond motifs is 1. The predicted octanol–water partition coefficient (Wildman–Crippen LogP) is 4.98. The fraction of sp³-hybridized carbons (Fsp3) is 0.391. The summed E-state index contributed by atoms with van der Waals surface area (Å²) in [5, 5.41) is 11.8. The van der Waals surface area contributed by atoms with Crippen LogP contribution in [0.15, 0.2) is 33.9 Å². The molecular formula is C23H25N3O5S2. The Balaban J connectivity index is 1.44. The molecule has 2 heterocycles. The fourth-order valence-electron chi connectivity index (χ4n) is 3.63. The van der Waals surface area contributed by atoms with Gasteiger partial charge in [0.1, 0.15) is 10.8 Å². The third-order valence-corrected chi connectivity index (χ3v) is 7.07. The second-order valence-electron chi connectivity index (χ2n) is 7.78. The number of esters is 1. The van der Waals surface area contributed by atoms with Gasteiger partial charge in [-0.3, -0.25) is 4.79 Å². The van der Waals surface area contributed by atoms with Crippen molar-refractivity contribution >= 4 is 40.0 Å². The van der Waals surface area contributed by atoms with Crippen LogP contribution in [0.25, 0.3) is 11.5 Å². The Hall–Kier alpha value is -2.85. The van der Waals surface area contributed by atoms with Gasteiger partial charge in [-0.2, -0.15) is 0 Å². The van der Waals surface area contributed by atoms with Crippen LogP contribution in [0.4, 0.5) is 5.00 Å². The first kappa shape index (κ1) is 23.3. The van der Waals surface area contributed by atoms with Crippen molar-refractivity contribution in [2.45, 2.75) is 50.9 Å². The van der Waals surface area contributed by atoms with E-state index in [-0.39, 0.29) is 29.0 Å². The number of hydrogen-bond acceptors (Lipinski definition) is 9. The highest BCUT2D eigenvalue weighted by molar-refractivity contribution is 7.99. The zero-order valence-corrected chi connectivity index (χ0v) is 20.3. The van der Waals surface area contributed by atoms with E-state index < -0.39 is 0 Å². The zero-order valence-electron chi connectivity index (χ0n) is 18.7. The molecule has 4 rings (SSSR count). The molecule has 0 saturated carbocycles. The van der Waals surface area contributed by atoms with E-state index in [1.54, 1.807) is 7.11 Å². The third-order valence-electron chi connectivity index (χ3n) is 5.04. The summed E-state index contributed by atoms with van der Waals surface area (Å²) in [6, 6.07) is 7.34. The van der Waals surface area contributed by atoms with E-state index >= 15 is 0 Å². The maximum Gasteiger partial charge on any atom is 0.341 e. The van der Waals surface area contributed by atoms with Gasteiger partial charge in [-0.05, 0) is 57.2 Å². The molecule has 0 unspecified atom stereocenters. The minimum Gasteiger partial charge on any atom is -0.496 e. The van der Waals surface area contributed by atoms with Gasteiger partial charge in [-0.25, -0.2) is 4.79 Å². The number of nitrogens with zero attached hydrogens (tertiary/aromatic N) is 2. The van der Waals surface area contributed by atoms with Crippen molar-refractivity contribution in [2.24, 2.45) is 0 Å². The fourth-order valence-corrected chi connectivity index (χ4v) is 5.49. The number of thioether (sulfide) groups is 1. The number of nitrogens with one attached hydrogen (secondary N) is 1. The molecule has 0 atom stereocenters. The van der Waals surface area contributed by atoms with Crippen molar-refractivity contribution in [3.05, 3.63) is 40.3 Å². The van der Waals surface area contributed by atoms with Crippen LogP contribution in [0.1, 0.15) is 47.5 Å². The summed E-state index contributed by atoms with van der Waals surface area (Å²) in [5.41, 5.74) is 2.19. The largest absolute Gasteiger partial charge is 0.496 e. The summed E-state index contributed by atoms with van der Waals surface area (Å²) >= 11 is 2.60. The molecule has 1 aromatic carbocycles. The van der Waals surface area contributed by atoms with Gasteiger partial charge in [0.15, 0.2) is 0 Å². The molecule has 8 nitrogen and oxygen atoms in total. The first-order valence-electron chi connectivity index (χ1n) is 10.7. The number of para-hydroxylation sites is 1. The molecule has 1 aliphatic carbocycles. The normalized spacial score (nSPS) is 13.0. The summed E-state index contributed by atoms with van der Waals surface area (Å²) in [6.07, 6.45) is 3.63. The van der Waals surface area contributed by atoms with Crippen molar-refractivity contribution in [3.63, 3.8) is 0 Å². The predicted molar refractivity (Wildman–Crippen MR) is 127 cm³/mol. The van der Waals surface area contributed by atoms with Crippen molar-refractivity contribution in [2.75, 3.05) is 18.2 Å². The highest BCUT2D eigenvalue weighted by Crippen LogP contribution is 2.39. The lowest BCUT2D eigenvalue weighted by molar-refractivity contribution is -0.113. The number of ether oxygens (including phenoxy) is 2. The number of anilines is 1. The second kappa shape index (κ2) is 10.4. The van der Waals surface area contributed by atoms with Crippen LogP contribution in [-0.2, 0) is 22.4 Å². The van der Waals surface area contributed by atoms with E-state index in [1.807, 2.05) is 38.1 Å². The smallest absolute Gasteiger partial charge is 0.341 e. The van der Waals surface area contributed by atoms with Gasteiger partial charge >= 0.3 is 5.97 Å². The molecule has 10 heteroatoms. The van der Waals surface area contributed by atoms with Gasteiger partial charge in [-0.1, -0.05) is 23.9 Å². The summed E-state index contributed by atoms with van der Waals surface area (Å²) in [7, 11) is 1.57. The molecular weight excluding hydrogens is 462 g/mol. The molecule has 3 aromatic rings. The lowest BCUT2D eigenvalue weighted by atomic mass is 9.95. The molecule has 33 heavy (non-hydrogen) atoms. The summed E-state index contributed by atoms with van der Waals surface area (Å²) < 4.78 is 16.5. The molecule has 0 bridgehead atoms. The Morgan fingerprint density at radius 1 is 1.21 bits per heavy atom. The average Bonchev–Trinajstić information content (AvgIpc) is 3.41. The molecule has 2 aromatic heterocycles. The topological polar surface area (TPSA) is 104 Å². The van der Waals surface area contributed by atoms with Crippen LogP contribution in [0, 0.1) is 0 Å². The SMILES string of the molecule is COc1ccccc1-c1nnc(SCC(=O)Nc2sc3c(c2C(=O)OC(C)C)CCCC3)o1. The number of rotatable bonds is 8. The maximum absolute atomic E-state index is 12.7. The van der Waals surface area contributed by atoms with Gasteiger partial charge in [0.05, 0.1) is 30.1 Å². The Kier molecular flexibility index (Phi) is 7.34. The number of methoxy groups -OCH3 is 1. The summed E-state index contributed by atoms with van der Waals surface area (Å²) in [4.78, 5) is 26.6. The minimum absolute atomic E-state index is 0.0643. The van der Waals surface area contributed by atoms with Gasteiger partial charge in [-0.15, -0.1) is 21.5 Å². The van der Waals surface area contributed by atoms with Gasteiger partial charge in [0.2, 0.25) is 5.91 Å². The van der Waals surface area contributed by atoms with Crippen molar-refractivity contribution in [1.29, 1.82) is 0 Å². The molecule has 0 spiro atoms. The lowest BCUT2D eigenvalue weighted by Gasteiger charge is -2.14. The molecule has 1 aliphatic rings. The van der Waals surface area contributed by atoms with Crippen LogP contribution >= 0.6 is 23.1 Å². The van der Waals surface area contributed by atoms with Crippen molar-refractivity contribution in [1.82, 2.24) is 10.2 Å². The number of carbonyl (C=O) groups excluding carboxylic acids is 2. The summed E-state index contributed by atoms with van der Waals surface area (Å²) in [5.74, 6) is 0.368. The monoisotopic (exact) mass is 487 g/mol. The number of benzene rings is 1. The standard InChI is InChI=1S/C23H25N3O5S2/c1-13(2)30-22(28)19-15-9-5-7-11-17(15)33-21(19)24-18(27)12-32-23-26-25-20(31-23)14-8-4-6-10-16(14)29-3/h4,6,8,10,13H,5,7,9,11-12H2,1-3H3,(H,24,27). The highest BCUT2D eigenvalue weighted by atomic mass is 32.2. The van der Waals surface area contributed by atoms with Crippen LogP contribution in [0.5, 0.6) is 5.75 Å². The highest BCUT2D eigenvalue weighted by Gasteiger charge is 2.28. The number of carbonyl (C=O) groups is 2. The molecule has 0 saturated heterocycles. The Morgan fingerprint density at radius 3 is 2.79 bits per heavy atom. The minimum atomic E-state index is -0.384. The Morgan fingerprint density at radius 2 is 2.00 bits per heavy atom. The van der Waals surface area contributed by atoms with Crippen LogP contribution in [0.2, 0.25) is 0 Å². The van der Waals surface area contributed by atoms with E-state index in [0.29, 0.717) is 27.8 Å². The Labute approximate surface area is 200 Å². The van der Waals surface area contributed by atoms with Crippen molar-refractivity contribution in [3.8, 4) is 17.2 Å². The van der Waals surface area contributed by atoms with Gasteiger partial charge in [0, 0.05) is 4.88 Å². The van der Waals surface area contributed by atoms with E-state index in [1.165, 1.54) is 11.3 Å². The van der Waals surface area contributed by atoms with Gasteiger partial charge < -0.3 is 19.2 Å². The quantitative estimate of drug-likeness (QED) is 0.350. The van der Waals surface area contributed by atoms with E-state index in [9.17, 15) is 9.59 Å². The van der Waals surface area contributed by atoms with Crippen molar-refractivity contribution < 1.29 is 23.5 Å². The van der Waals surface area contributed by atoms with E-state index in [4.69, 9.17) is 13.9 Å². The van der Waals surface area contributed by atoms with E-state index in [0.717, 1.165) is 47.9 Å². The Bertz CT molecular complexity index is 1150. The van der Waals surface area contributed by atoms with Crippen LogP contribution < -0.4 is 10.1 Å². The average molecular weight is 488 g/mol. The number of hydrogen-bond donors (Lipinski definition) is 1. The molecule has 1 N–H and O–H groups in total. The van der Waals surface area contributed by atoms with Crippen LogP contribution in [0.3, 0.4) is 0 Å². The van der Waals surface area contributed by atoms with Gasteiger partial charge in [0.25, 0.3) is 11.1 Å². The summed E-state index contributed by atoms with van der Waals surface area (Å²) in [6.45, 7) is 3.63. The zero-order chi connectivity index (χ0) is 23.4. The lowest BCUT2D eigenvalue weighted by Crippen LogP contribution is -2.18. The molecule has 0 radical (unpaired) electrons. The first-order valence-corrected chi connectivity index (χ1v) is 12.5. The molecule has 0 aliphatic heterocycles. The van der Waals surface area contributed by atoms with E-state index in [2.05, 4.69) is 15.5 Å². The second-order valence-corrected chi connectivity index (χ2v) is 9.81. The first-order chi connectivity index (χ1) is 16.0. The third kappa shape index (κ3) is 5.39. The number of amides is 1. The maximum atomic E-state index is 12.7. The molecule has 174 valence electrons. The number of aryl methyl sites for hydroxylation is 1. The number of aromatic nitrogens is 2.